The molecule has 0 aromatic rings. The third-order valence-electron chi connectivity index (χ3n) is 3.28. The van der Waals surface area contributed by atoms with Gasteiger partial charge < -0.3 is 10.2 Å². The number of rotatable bonds is 6. The molecule has 2 nitrogen and oxygen atoms in total. The fourth-order valence-corrected chi connectivity index (χ4v) is 2.21. The number of hydrogen-bond donors (Lipinski definition) is 1. The van der Waals surface area contributed by atoms with Gasteiger partial charge in [0.1, 0.15) is 0 Å². The highest BCUT2D eigenvalue weighted by atomic mass is 19.4. The van der Waals surface area contributed by atoms with Crippen molar-refractivity contribution in [2.45, 2.75) is 50.7 Å². The number of hydrogen-bond acceptors (Lipinski definition) is 2. The highest BCUT2D eigenvalue weighted by Crippen LogP contribution is 2.19. The second-order valence-electron chi connectivity index (χ2n) is 4.96. The minimum atomic E-state index is -4.03. The van der Waals surface area contributed by atoms with Gasteiger partial charge >= 0.3 is 6.18 Å². The molecule has 1 rings (SSSR count). The average molecular weight is 252 g/mol. The quantitative estimate of drug-likeness (QED) is 0.782. The zero-order valence-electron chi connectivity index (χ0n) is 10.5. The summed E-state index contributed by atoms with van der Waals surface area (Å²) in [5, 5.41) is 3.45. The van der Waals surface area contributed by atoms with E-state index in [1.54, 1.807) is 11.9 Å². The number of piperidine rings is 1. The van der Waals surface area contributed by atoms with Gasteiger partial charge in [-0.05, 0) is 45.8 Å². The molecular formula is C12H23F3N2. The van der Waals surface area contributed by atoms with Crippen LogP contribution in [-0.4, -0.2) is 43.8 Å². The molecule has 17 heavy (non-hydrogen) atoms. The van der Waals surface area contributed by atoms with E-state index in [0.717, 1.165) is 25.9 Å². The Morgan fingerprint density at radius 1 is 1.24 bits per heavy atom. The average Bonchev–Trinajstić information content (AvgIpc) is 2.27. The summed E-state index contributed by atoms with van der Waals surface area (Å²) in [6.45, 7) is 1.96. The maximum atomic E-state index is 12.0. The molecule has 1 aliphatic rings. The van der Waals surface area contributed by atoms with E-state index in [2.05, 4.69) is 5.32 Å². The van der Waals surface area contributed by atoms with E-state index < -0.39 is 12.6 Å². The molecule has 0 bridgehead atoms. The Hall–Kier alpha value is -0.290. The predicted molar refractivity (Wildman–Crippen MR) is 63.0 cm³/mol. The third kappa shape index (κ3) is 7.60. The Morgan fingerprint density at radius 2 is 2.00 bits per heavy atom. The lowest BCUT2D eigenvalue weighted by molar-refractivity contribution is -0.137. The van der Waals surface area contributed by atoms with Crippen molar-refractivity contribution in [1.29, 1.82) is 0 Å². The van der Waals surface area contributed by atoms with Crippen LogP contribution in [0.3, 0.4) is 0 Å². The fourth-order valence-electron chi connectivity index (χ4n) is 2.21. The minimum absolute atomic E-state index is 0.113. The van der Waals surface area contributed by atoms with Crippen molar-refractivity contribution in [3.8, 4) is 0 Å². The molecule has 0 saturated carbocycles. The van der Waals surface area contributed by atoms with Crippen molar-refractivity contribution < 1.29 is 13.2 Å². The predicted octanol–water partition coefficient (Wildman–Crippen LogP) is 2.79. The fraction of sp³-hybridized carbons (Fsp3) is 1.00. The van der Waals surface area contributed by atoms with E-state index in [-0.39, 0.29) is 6.54 Å². The first kappa shape index (κ1) is 14.8. The van der Waals surface area contributed by atoms with Gasteiger partial charge in [0.25, 0.3) is 0 Å². The van der Waals surface area contributed by atoms with Crippen molar-refractivity contribution in [1.82, 2.24) is 10.2 Å². The van der Waals surface area contributed by atoms with Crippen LogP contribution in [0.15, 0.2) is 0 Å². The highest BCUT2D eigenvalue weighted by Gasteiger charge is 2.26. The number of alkyl halides is 3. The summed E-state index contributed by atoms with van der Waals surface area (Å²) in [5.41, 5.74) is 0. The summed E-state index contributed by atoms with van der Waals surface area (Å²) in [7, 11) is 1.76. The number of nitrogens with zero attached hydrogens (tertiary/aromatic N) is 1. The molecule has 0 aromatic heterocycles. The standard InChI is InChI=1S/C12H23F3N2/c1-17(10-7-12(13,14)15)9-4-6-11-5-2-3-8-16-11/h11,16H,2-10H2,1H3. The summed E-state index contributed by atoms with van der Waals surface area (Å²) in [4.78, 5) is 1.77. The van der Waals surface area contributed by atoms with Gasteiger partial charge in [0.15, 0.2) is 0 Å². The number of nitrogens with one attached hydrogen (secondary N) is 1. The topological polar surface area (TPSA) is 15.3 Å². The maximum absolute atomic E-state index is 12.0. The van der Waals surface area contributed by atoms with Crippen LogP contribution in [0.4, 0.5) is 13.2 Å². The van der Waals surface area contributed by atoms with E-state index in [9.17, 15) is 13.2 Å². The smallest absolute Gasteiger partial charge is 0.314 e. The van der Waals surface area contributed by atoms with E-state index in [1.807, 2.05) is 0 Å². The lowest BCUT2D eigenvalue weighted by Crippen LogP contribution is -2.34. The molecule has 0 aromatic carbocycles. The Labute approximate surface area is 102 Å². The molecule has 102 valence electrons. The molecule has 1 N–H and O–H groups in total. The summed E-state index contributed by atoms with van der Waals surface area (Å²) in [5.74, 6) is 0. The summed E-state index contributed by atoms with van der Waals surface area (Å²) in [6.07, 6.45) is 1.07. The molecule has 0 aliphatic carbocycles. The molecule has 1 saturated heterocycles. The summed E-state index contributed by atoms with van der Waals surface area (Å²) >= 11 is 0. The van der Waals surface area contributed by atoms with Crippen LogP contribution >= 0.6 is 0 Å². The highest BCUT2D eigenvalue weighted by molar-refractivity contribution is 4.72. The van der Waals surface area contributed by atoms with E-state index in [4.69, 9.17) is 0 Å². The van der Waals surface area contributed by atoms with Crippen molar-refractivity contribution in [3.05, 3.63) is 0 Å². The molecule has 0 spiro atoms. The van der Waals surface area contributed by atoms with Gasteiger partial charge in [-0.1, -0.05) is 6.42 Å². The van der Waals surface area contributed by atoms with Gasteiger partial charge in [0.05, 0.1) is 6.42 Å². The molecule has 1 aliphatic heterocycles. The van der Waals surface area contributed by atoms with Crippen molar-refractivity contribution >= 4 is 0 Å². The number of halogens is 3. The molecular weight excluding hydrogens is 229 g/mol. The van der Waals surface area contributed by atoms with Crippen LogP contribution in [0, 0.1) is 0 Å². The first-order chi connectivity index (χ1) is 7.97. The van der Waals surface area contributed by atoms with Gasteiger partial charge in [0.2, 0.25) is 0 Å². The lowest BCUT2D eigenvalue weighted by Gasteiger charge is -2.24. The van der Waals surface area contributed by atoms with Crippen LogP contribution in [0.25, 0.3) is 0 Å². The Kier molecular flexibility index (Phi) is 6.27. The second kappa shape index (κ2) is 7.21. The van der Waals surface area contributed by atoms with E-state index >= 15 is 0 Å². The Balaban J connectivity index is 2.01. The van der Waals surface area contributed by atoms with Crippen molar-refractivity contribution in [2.75, 3.05) is 26.7 Å². The zero-order chi connectivity index (χ0) is 12.7. The third-order valence-corrected chi connectivity index (χ3v) is 3.28. The molecule has 1 atom stereocenters. The second-order valence-corrected chi connectivity index (χ2v) is 4.96. The Bertz CT molecular complexity index is 200. The summed E-state index contributed by atoms with van der Waals surface area (Å²) in [6, 6.07) is 0.583. The molecule has 1 heterocycles. The summed E-state index contributed by atoms with van der Waals surface area (Å²) < 4.78 is 36.0. The van der Waals surface area contributed by atoms with E-state index in [0.29, 0.717) is 6.04 Å². The first-order valence-corrected chi connectivity index (χ1v) is 6.46. The maximum Gasteiger partial charge on any atom is 0.390 e. The SMILES string of the molecule is CN(CCCC1CCCCN1)CCC(F)(F)F. The largest absolute Gasteiger partial charge is 0.390 e. The zero-order valence-corrected chi connectivity index (χ0v) is 10.5. The molecule has 5 heteroatoms. The molecule has 0 radical (unpaired) electrons. The van der Waals surface area contributed by atoms with Crippen molar-refractivity contribution in [2.24, 2.45) is 0 Å². The van der Waals surface area contributed by atoms with E-state index in [1.165, 1.54) is 19.3 Å². The Morgan fingerprint density at radius 3 is 2.59 bits per heavy atom. The van der Waals surface area contributed by atoms with Gasteiger partial charge in [0, 0.05) is 12.6 Å². The van der Waals surface area contributed by atoms with Crippen LogP contribution in [0.5, 0.6) is 0 Å². The molecule has 0 amide bonds. The van der Waals surface area contributed by atoms with Gasteiger partial charge in [-0.2, -0.15) is 13.2 Å². The van der Waals surface area contributed by atoms with Crippen LogP contribution in [-0.2, 0) is 0 Å². The lowest BCUT2D eigenvalue weighted by atomic mass is 10.0. The van der Waals surface area contributed by atoms with Crippen molar-refractivity contribution in [3.63, 3.8) is 0 Å². The van der Waals surface area contributed by atoms with Gasteiger partial charge in [-0.15, -0.1) is 0 Å². The normalized spacial score (nSPS) is 22.1. The van der Waals surface area contributed by atoms with Crippen LogP contribution < -0.4 is 5.32 Å². The monoisotopic (exact) mass is 252 g/mol. The molecule has 1 unspecified atom stereocenters. The van der Waals surface area contributed by atoms with Gasteiger partial charge in [-0.3, -0.25) is 0 Å². The van der Waals surface area contributed by atoms with Crippen LogP contribution in [0.2, 0.25) is 0 Å². The van der Waals surface area contributed by atoms with Gasteiger partial charge in [-0.25, -0.2) is 0 Å². The minimum Gasteiger partial charge on any atom is -0.314 e. The molecule has 1 fully saturated rings. The first-order valence-electron chi connectivity index (χ1n) is 6.46. The van der Waals surface area contributed by atoms with Crippen LogP contribution in [0.1, 0.15) is 38.5 Å².